The van der Waals surface area contributed by atoms with E-state index >= 15 is 0 Å². The third-order valence-corrected chi connectivity index (χ3v) is 4.87. The lowest BCUT2D eigenvalue weighted by Gasteiger charge is -2.37. The summed E-state index contributed by atoms with van der Waals surface area (Å²) in [5.41, 5.74) is 1.26. The van der Waals surface area contributed by atoms with Gasteiger partial charge in [-0.25, -0.2) is 4.79 Å². The summed E-state index contributed by atoms with van der Waals surface area (Å²) in [5, 5.41) is 3.01. The van der Waals surface area contributed by atoms with Crippen LogP contribution in [0.15, 0.2) is 53.1 Å². The van der Waals surface area contributed by atoms with Gasteiger partial charge in [-0.05, 0) is 57.1 Å². The summed E-state index contributed by atoms with van der Waals surface area (Å²) in [5.74, 6) is 0.778. The van der Waals surface area contributed by atoms with Crippen molar-refractivity contribution < 1.29 is 9.21 Å². The smallest absolute Gasteiger partial charge is 0.318 e. The molecule has 1 N–H and O–H groups in total. The molecule has 1 aromatic heterocycles. The van der Waals surface area contributed by atoms with Gasteiger partial charge in [-0.2, -0.15) is 0 Å². The first-order chi connectivity index (χ1) is 12.2. The van der Waals surface area contributed by atoms with Crippen LogP contribution in [-0.4, -0.2) is 48.6 Å². The minimum atomic E-state index is 0.00174. The molecule has 1 aliphatic rings. The number of urea groups is 1. The van der Waals surface area contributed by atoms with E-state index in [0.717, 1.165) is 44.7 Å². The van der Waals surface area contributed by atoms with Crippen LogP contribution in [0, 0.1) is 0 Å². The van der Waals surface area contributed by atoms with Crippen LogP contribution in [0.3, 0.4) is 0 Å². The van der Waals surface area contributed by atoms with E-state index in [0.29, 0.717) is 12.6 Å². The number of furan rings is 1. The fraction of sp³-hybridized carbons (Fsp3) is 0.450. The molecule has 5 nitrogen and oxygen atoms in total. The van der Waals surface area contributed by atoms with Gasteiger partial charge in [0, 0.05) is 12.6 Å². The molecule has 2 aromatic rings. The third-order valence-electron chi connectivity index (χ3n) is 4.87. The Kier molecular flexibility index (Phi) is 6.12. The van der Waals surface area contributed by atoms with Crippen LogP contribution < -0.4 is 5.32 Å². The topological polar surface area (TPSA) is 48.7 Å². The number of benzene rings is 1. The van der Waals surface area contributed by atoms with Crippen LogP contribution in [-0.2, 0) is 13.0 Å². The molecule has 0 atom stereocenters. The number of nitrogens with zero attached hydrogens (tertiary/aromatic N) is 2. The Bertz CT molecular complexity index is 634. The zero-order valence-electron chi connectivity index (χ0n) is 14.9. The quantitative estimate of drug-likeness (QED) is 0.878. The van der Waals surface area contributed by atoms with E-state index in [1.165, 1.54) is 5.56 Å². The molecule has 2 amide bonds. The van der Waals surface area contributed by atoms with Gasteiger partial charge in [-0.1, -0.05) is 30.3 Å². The van der Waals surface area contributed by atoms with Gasteiger partial charge in [0.1, 0.15) is 5.76 Å². The van der Waals surface area contributed by atoms with Crippen molar-refractivity contribution in [3.8, 4) is 0 Å². The number of hydrogen-bond acceptors (Lipinski definition) is 3. The number of piperidine rings is 1. The van der Waals surface area contributed by atoms with E-state index in [1.54, 1.807) is 6.26 Å². The van der Waals surface area contributed by atoms with Crippen LogP contribution in [0.1, 0.15) is 24.2 Å². The second kappa shape index (κ2) is 8.72. The van der Waals surface area contributed by atoms with E-state index in [9.17, 15) is 4.79 Å². The Morgan fingerprint density at radius 2 is 1.96 bits per heavy atom. The van der Waals surface area contributed by atoms with E-state index in [2.05, 4.69) is 29.4 Å². The molecule has 1 aromatic carbocycles. The summed E-state index contributed by atoms with van der Waals surface area (Å²) in [4.78, 5) is 17.1. The van der Waals surface area contributed by atoms with Gasteiger partial charge in [0.05, 0.1) is 12.8 Å². The van der Waals surface area contributed by atoms with E-state index < -0.39 is 0 Å². The predicted molar refractivity (Wildman–Crippen MR) is 98.3 cm³/mol. The highest BCUT2D eigenvalue weighted by atomic mass is 16.3. The molecule has 134 valence electrons. The standard InChI is InChI=1S/C20H27N3O2/c1-22-12-10-18(11-13-22)23(14-9-17-6-3-2-4-7-17)20(24)21-16-19-8-5-15-25-19/h2-8,15,18H,9-14,16H2,1H3,(H,21,24). The number of likely N-dealkylation sites (tertiary alicyclic amines) is 1. The van der Waals surface area contributed by atoms with Crippen molar-refractivity contribution in [1.82, 2.24) is 15.1 Å². The maximum atomic E-state index is 12.8. The molecule has 1 fully saturated rings. The second-order valence-electron chi connectivity index (χ2n) is 6.70. The first-order valence-electron chi connectivity index (χ1n) is 9.01. The molecule has 3 rings (SSSR count). The van der Waals surface area contributed by atoms with Crippen molar-refractivity contribution in [1.29, 1.82) is 0 Å². The second-order valence-corrected chi connectivity index (χ2v) is 6.70. The van der Waals surface area contributed by atoms with Crippen molar-refractivity contribution >= 4 is 6.03 Å². The van der Waals surface area contributed by atoms with Gasteiger partial charge in [-0.15, -0.1) is 0 Å². The van der Waals surface area contributed by atoms with E-state index in [4.69, 9.17) is 4.42 Å². The number of hydrogen-bond donors (Lipinski definition) is 1. The molecule has 0 spiro atoms. The van der Waals surface area contributed by atoms with Crippen LogP contribution in [0.5, 0.6) is 0 Å². The summed E-state index contributed by atoms with van der Waals surface area (Å²) < 4.78 is 5.31. The number of carbonyl (C=O) groups excluding carboxylic acids is 1. The van der Waals surface area contributed by atoms with Crippen LogP contribution in [0.4, 0.5) is 4.79 Å². The highest BCUT2D eigenvalue weighted by Crippen LogP contribution is 2.17. The number of carbonyl (C=O) groups is 1. The van der Waals surface area contributed by atoms with Gasteiger partial charge in [0.2, 0.25) is 0 Å². The maximum absolute atomic E-state index is 12.8. The maximum Gasteiger partial charge on any atom is 0.318 e. The van der Waals surface area contributed by atoms with Gasteiger partial charge >= 0.3 is 6.03 Å². The van der Waals surface area contributed by atoms with Gasteiger partial charge < -0.3 is 19.5 Å². The number of amides is 2. The zero-order chi connectivity index (χ0) is 17.5. The monoisotopic (exact) mass is 341 g/mol. The van der Waals surface area contributed by atoms with E-state index in [1.807, 2.05) is 35.2 Å². The molecule has 1 saturated heterocycles. The van der Waals surface area contributed by atoms with E-state index in [-0.39, 0.29) is 6.03 Å². The largest absolute Gasteiger partial charge is 0.467 e. The van der Waals surface area contributed by atoms with Crippen LogP contribution >= 0.6 is 0 Å². The molecule has 5 heteroatoms. The lowest BCUT2D eigenvalue weighted by atomic mass is 10.0. The summed E-state index contributed by atoms with van der Waals surface area (Å²) in [6.07, 6.45) is 4.56. The normalized spacial score (nSPS) is 15.9. The summed E-state index contributed by atoms with van der Waals surface area (Å²) in [6.45, 7) is 3.25. The molecular formula is C20H27N3O2. The Morgan fingerprint density at radius 1 is 1.20 bits per heavy atom. The predicted octanol–water partition coefficient (Wildman–Crippen LogP) is 3.13. The SMILES string of the molecule is CN1CCC(N(CCc2ccccc2)C(=O)NCc2ccco2)CC1. The molecular weight excluding hydrogens is 314 g/mol. The molecule has 25 heavy (non-hydrogen) atoms. The molecule has 2 heterocycles. The van der Waals surface area contributed by atoms with Crippen LogP contribution in [0.25, 0.3) is 0 Å². The summed E-state index contributed by atoms with van der Waals surface area (Å²) >= 11 is 0. The molecule has 1 aliphatic heterocycles. The lowest BCUT2D eigenvalue weighted by molar-refractivity contribution is 0.131. The fourth-order valence-corrected chi connectivity index (χ4v) is 3.33. The lowest BCUT2D eigenvalue weighted by Crippen LogP contribution is -2.50. The Hall–Kier alpha value is -2.27. The van der Waals surface area contributed by atoms with Crippen LogP contribution in [0.2, 0.25) is 0 Å². The average Bonchev–Trinajstić information content (AvgIpc) is 3.16. The minimum absolute atomic E-state index is 0.00174. The highest BCUT2D eigenvalue weighted by Gasteiger charge is 2.26. The molecule has 0 aliphatic carbocycles. The third kappa shape index (κ3) is 5.10. The molecule has 0 unspecified atom stereocenters. The summed E-state index contributed by atoms with van der Waals surface area (Å²) in [6, 6.07) is 14.4. The minimum Gasteiger partial charge on any atom is -0.467 e. The fourth-order valence-electron chi connectivity index (χ4n) is 3.33. The average molecular weight is 341 g/mol. The van der Waals surface area contributed by atoms with Gasteiger partial charge in [0.15, 0.2) is 0 Å². The molecule has 0 radical (unpaired) electrons. The highest BCUT2D eigenvalue weighted by molar-refractivity contribution is 5.74. The van der Waals surface area contributed by atoms with Crippen molar-refractivity contribution in [2.75, 3.05) is 26.7 Å². The van der Waals surface area contributed by atoms with Gasteiger partial charge in [-0.3, -0.25) is 0 Å². The Labute approximate surface area is 149 Å². The van der Waals surface area contributed by atoms with Crippen molar-refractivity contribution in [2.45, 2.75) is 31.8 Å². The number of nitrogens with one attached hydrogen (secondary N) is 1. The van der Waals surface area contributed by atoms with Crippen molar-refractivity contribution in [3.63, 3.8) is 0 Å². The first kappa shape index (κ1) is 17.5. The van der Waals surface area contributed by atoms with Crippen molar-refractivity contribution in [3.05, 3.63) is 60.1 Å². The first-order valence-corrected chi connectivity index (χ1v) is 9.01. The molecule has 0 bridgehead atoms. The summed E-state index contributed by atoms with van der Waals surface area (Å²) in [7, 11) is 2.14. The Balaban J connectivity index is 1.61. The van der Waals surface area contributed by atoms with Gasteiger partial charge in [0.25, 0.3) is 0 Å². The number of rotatable bonds is 6. The molecule has 0 saturated carbocycles. The van der Waals surface area contributed by atoms with Crippen molar-refractivity contribution in [2.24, 2.45) is 0 Å². The Morgan fingerprint density at radius 3 is 2.64 bits per heavy atom. The zero-order valence-corrected chi connectivity index (χ0v) is 14.9.